The monoisotopic (exact) mass is 183 g/mol. The van der Waals surface area contributed by atoms with Gasteiger partial charge in [0, 0.05) is 18.6 Å². The van der Waals surface area contributed by atoms with Crippen molar-refractivity contribution in [3.63, 3.8) is 0 Å². The van der Waals surface area contributed by atoms with Crippen LogP contribution < -0.4 is 5.32 Å². The molecule has 0 radical (unpaired) electrons. The maximum Gasteiger partial charge on any atom is 0.0538 e. The molecule has 1 aliphatic carbocycles. The lowest BCUT2D eigenvalue weighted by Gasteiger charge is -2.27. The Morgan fingerprint density at radius 1 is 1.46 bits per heavy atom. The zero-order valence-electron chi connectivity index (χ0n) is 8.64. The van der Waals surface area contributed by atoms with E-state index in [1.54, 1.807) is 0 Å². The Balaban J connectivity index is 1.82. The van der Waals surface area contributed by atoms with E-state index in [4.69, 9.17) is 4.74 Å². The van der Waals surface area contributed by atoms with Crippen molar-refractivity contribution in [1.82, 2.24) is 5.32 Å². The zero-order valence-corrected chi connectivity index (χ0v) is 8.64. The van der Waals surface area contributed by atoms with Gasteiger partial charge in [0.1, 0.15) is 0 Å². The molecule has 1 heterocycles. The van der Waals surface area contributed by atoms with Crippen LogP contribution in [0.15, 0.2) is 0 Å². The van der Waals surface area contributed by atoms with Crippen LogP contribution in [0.3, 0.4) is 0 Å². The minimum atomic E-state index is 0.523. The van der Waals surface area contributed by atoms with Gasteiger partial charge < -0.3 is 10.1 Å². The van der Waals surface area contributed by atoms with Gasteiger partial charge >= 0.3 is 0 Å². The molecule has 0 aromatic carbocycles. The molecule has 0 bridgehead atoms. The van der Waals surface area contributed by atoms with E-state index in [1.165, 1.54) is 32.2 Å². The SMILES string of the molecule is CCCNCC1(C2CC2)CCOC1. The Hall–Kier alpha value is -0.0800. The van der Waals surface area contributed by atoms with Gasteiger partial charge in [-0.1, -0.05) is 6.92 Å². The first-order valence-corrected chi connectivity index (χ1v) is 5.66. The van der Waals surface area contributed by atoms with Gasteiger partial charge in [-0.2, -0.15) is 0 Å². The molecule has 0 aromatic rings. The summed E-state index contributed by atoms with van der Waals surface area (Å²) in [6.45, 7) is 6.57. The molecule has 0 aromatic heterocycles. The second-order valence-corrected chi connectivity index (χ2v) is 4.62. The molecule has 0 spiro atoms. The van der Waals surface area contributed by atoms with Crippen LogP contribution in [0.5, 0.6) is 0 Å². The summed E-state index contributed by atoms with van der Waals surface area (Å²) in [5, 5.41) is 3.56. The van der Waals surface area contributed by atoms with E-state index >= 15 is 0 Å². The molecule has 2 nitrogen and oxygen atoms in total. The molecule has 13 heavy (non-hydrogen) atoms. The van der Waals surface area contributed by atoms with Crippen LogP contribution in [-0.4, -0.2) is 26.3 Å². The lowest BCUT2D eigenvalue weighted by Crippen LogP contribution is -2.37. The van der Waals surface area contributed by atoms with Gasteiger partial charge in [0.25, 0.3) is 0 Å². The predicted molar refractivity (Wildman–Crippen MR) is 53.8 cm³/mol. The third-order valence-corrected chi connectivity index (χ3v) is 3.48. The highest BCUT2D eigenvalue weighted by atomic mass is 16.5. The molecule has 0 amide bonds. The summed E-state index contributed by atoms with van der Waals surface area (Å²) >= 11 is 0. The highest BCUT2D eigenvalue weighted by molar-refractivity contribution is 4.97. The average molecular weight is 183 g/mol. The fourth-order valence-electron chi connectivity index (χ4n) is 2.44. The van der Waals surface area contributed by atoms with E-state index in [2.05, 4.69) is 12.2 Å². The van der Waals surface area contributed by atoms with Gasteiger partial charge in [0.15, 0.2) is 0 Å². The summed E-state index contributed by atoms with van der Waals surface area (Å²) in [6, 6.07) is 0. The molecular formula is C11H21NO. The molecule has 2 rings (SSSR count). The largest absolute Gasteiger partial charge is 0.381 e. The number of hydrogen-bond donors (Lipinski definition) is 1. The summed E-state index contributed by atoms with van der Waals surface area (Å²) in [7, 11) is 0. The van der Waals surface area contributed by atoms with Crippen molar-refractivity contribution >= 4 is 0 Å². The van der Waals surface area contributed by atoms with Crippen LogP contribution in [-0.2, 0) is 4.74 Å². The minimum Gasteiger partial charge on any atom is -0.381 e. The third kappa shape index (κ3) is 2.05. The summed E-state index contributed by atoms with van der Waals surface area (Å²) in [6.07, 6.45) is 5.41. The summed E-state index contributed by atoms with van der Waals surface area (Å²) < 4.78 is 5.55. The molecule has 1 saturated carbocycles. The number of rotatable bonds is 5. The van der Waals surface area contributed by atoms with Crippen LogP contribution in [0.1, 0.15) is 32.6 Å². The average Bonchev–Trinajstić information content (AvgIpc) is 2.89. The van der Waals surface area contributed by atoms with Gasteiger partial charge in [-0.15, -0.1) is 0 Å². The molecule has 2 aliphatic rings. The van der Waals surface area contributed by atoms with Crippen LogP contribution in [0.2, 0.25) is 0 Å². The van der Waals surface area contributed by atoms with Crippen LogP contribution in [0.25, 0.3) is 0 Å². The first-order chi connectivity index (χ1) is 6.37. The van der Waals surface area contributed by atoms with E-state index in [0.717, 1.165) is 25.7 Å². The maximum atomic E-state index is 5.55. The van der Waals surface area contributed by atoms with Crippen molar-refractivity contribution in [3.05, 3.63) is 0 Å². The van der Waals surface area contributed by atoms with Crippen molar-refractivity contribution in [3.8, 4) is 0 Å². The van der Waals surface area contributed by atoms with Gasteiger partial charge in [0.2, 0.25) is 0 Å². The summed E-state index contributed by atoms with van der Waals surface area (Å²) in [5.74, 6) is 0.972. The molecule has 1 aliphatic heterocycles. The van der Waals surface area contributed by atoms with E-state index < -0.39 is 0 Å². The smallest absolute Gasteiger partial charge is 0.0538 e. The van der Waals surface area contributed by atoms with Crippen molar-refractivity contribution in [2.24, 2.45) is 11.3 Å². The Bertz CT molecular complexity index is 159. The second kappa shape index (κ2) is 3.97. The van der Waals surface area contributed by atoms with Gasteiger partial charge in [-0.3, -0.25) is 0 Å². The van der Waals surface area contributed by atoms with Crippen molar-refractivity contribution < 1.29 is 4.74 Å². The van der Waals surface area contributed by atoms with Crippen molar-refractivity contribution in [1.29, 1.82) is 0 Å². The van der Waals surface area contributed by atoms with E-state index in [0.29, 0.717) is 5.41 Å². The zero-order chi connectivity index (χ0) is 9.15. The molecule has 2 heteroatoms. The van der Waals surface area contributed by atoms with E-state index in [9.17, 15) is 0 Å². The van der Waals surface area contributed by atoms with Crippen LogP contribution in [0, 0.1) is 11.3 Å². The van der Waals surface area contributed by atoms with Gasteiger partial charge in [-0.05, 0) is 38.1 Å². The fraction of sp³-hybridized carbons (Fsp3) is 1.00. The Morgan fingerprint density at radius 3 is 2.85 bits per heavy atom. The first-order valence-electron chi connectivity index (χ1n) is 5.66. The quantitative estimate of drug-likeness (QED) is 0.656. The van der Waals surface area contributed by atoms with Gasteiger partial charge in [-0.25, -0.2) is 0 Å². The lowest BCUT2D eigenvalue weighted by molar-refractivity contribution is 0.136. The van der Waals surface area contributed by atoms with Crippen molar-refractivity contribution in [2.75, 3.05) is 26.3 Å². The molecule has 1 unspecified atom stereocenters. The highest BCUT2D eigenvalue weighted by Crippen LogP contribution is 2.49. The van der Waals surface area contributed by atoms with Crippen molar-refractivity contribution in [2.45, 2.75) is 32.6 Å². The maximum absolute atomic E-state index is 5.55. The molecule has 1 saturated heterocycles. The first kappa shape index (κ1) is 9.47. The number of hydrogen-bond acceptors (Lipinski definition) is 2. The molecule has 1 N–H and O–H groups in total. The van der Waals surface area contributed by atoms with E-state index in [1.807, 2.05) is 0 Å². The number of nitrogens with one attached hydrogen (secondary N) is 1. The van der Waals surface area contributed by atoms with Gasteiger partial charge in [0.05, 0.1) is 6.61 Å². The second-order valence-electron chi connectivity index (χ2n) is 4.62. The lowest BCUT2D eigenvalue weighted by atomic mass is 9.82. The van der Waals surface area contributed by atoms with E-state index in [-0.39, 0.29) is 0 Å². The Labute approximate surface area is 81.0 Å². The molecule has 1 atom stereocenters. The van der Waals surface area contributed by atoms with Crippen LogP contribution in [0.4, 0.5) is 0 Å². The van der Waals surface area contributed by atoms with Crippen LogP contribution >= 0.6 is 0 Å². The topological polar surface area (TPSA) is 21.3 Å². The highest BCUT2D eigenvalue weighted by Gasteiger charge is 2.47. The predicted octanol–water partition coefficient (Wildman–Crippen LogP) is 1.80. The Morgan fingerprint density at radius 2 is 2.31 bits per heavy atom. The standard InChI is InChI=1S/C11H21NO/c1-2-6-12-8-11(10-3-4-10)5-7-13-9-11/h10,12H,2-9H2,1H3. The minimum absolute atomic E-state index is 0.523. The third-order valence-electron chi connectivity index (χ3n) is 3.48. The summed E-state index contributed by atoms with van der Waals surface area (Å²) in [4.78, 5) is 0. The molecule has 2 fully saturated rings. The molecule has 76 valence electrons. The fourth-order valence-corrected chi connectivity index (χ4v) is 2.44. The summed E-state index contributed by atoms with van der Waals surface area (Å²) in [5.41, 5.74) is 0.523. The molecular weight excluding hydrogens is 162 g/mol. The Kier molecular flexibility index (Phi) is 2.89. The number of ether oxygens (including phenoxy) is 1. The normalized spacial score (nSPS) is 33.9.